The summed E-state index contributed by atoms with van der Waals surface area (Å²) in [6.07, 6.45) is 9.92. The summed E-state index contributed by atoms with van der Waals surface area (Å²) in [5.74, 6) is 1.79. The molecule has 3 saturated carbocycles. The number of pyridine rings is 2. The molecule has 1 atom stereocenters. The van der Waals surface area contributed by atoms with Crippen LogP contribution < -0.4 is 10.1 Å². The summed E-state index contributed by atoms with van der Waals surface area (Å²) in [6.45, 7) is -0.596. The van der Waals surface area contributed by atoms with Gasteiger partial charge in [0.1, 0.15) is 23.8 Å². The van der Waals surface area contributed by atoms with Gasteiger partial charge >= 0.3 is 0 Å². The van der Waals surface area contributed by atoms with Gasteiger partial charge in [-0.1, -0.05) is 12.5 Å². The van der Waals surface area contributed by atoms with Crippen molar-refractivity contribution in [2.24, 2.45) is 5.41 Å². The molecule has 3 aliphatic rings. The minimum Gasteiger partial charge on any atom is -0.487 e. The summed E-state index contributed by atoms with van der Waals surface area (Å²) in [7, 11) is 0. The number of alkyl halides is 2. The average molecular weight is 424 g/mol. The second-order valence-electron chi connectivity index (χ2n) is 9.30. The Morgan fingerprint density at radius 1 is 1.19 bits per heavy atom. The predicted octanol–water partition coefficient (Wildman–Crippen LogP) is 5.66. The maximum absolute atomic E-state index is 12.7. The van der Waals surface area contributed by atoms with Gasteiger partial charge in [-0.25, -0.2) is 18.7 Å². The Kier molecular flexibility index (Phi) is 4.40. The molecule has 3 fully saturated rings. The number of nitrogens with one attached hydrogen (secondary N) is 1. The lowest BCUT2D eigenvalue weighted by Gasteiger charge is -2.21. The number of hydrogen-bond acceptors (Lipinski definition) is 4. The summed E-state index contributed by atoms with van der Waals surface area (Å²) in [4.78, 5) is 9.40. The molecule has 0 amide bonds. The number of anilines is 1. The van der Waals surface area contributed by atoms with E-state index in [-0.39, 0.29) is 0 Å². The first-order valence-corrected chi connectivity index (χ1v) is 11.3. The van der Waals surface area contributed by atoms with Crippen molar-refractivity contribution in [3.8, 4) is 17.1 Å². The van der Waals surface area contributed by atoms with E-state index < -0.39 is 13.0 Å². The molecule has 0 aliphatic heterocycles. The number of imidazole rings is 1. The fraction of sp³-hybridized carbons (Fsp3) is 0.500. The summed E-state index contributed by atoms with van der Waals surface area (Å²) < 4.78 is 32.8. The first-order chi connectivity index (χ1) is 15.1. The van der Waals surface area contributed by atoms with Crippen LogP contribution in [0.1, 0.15) is 56.4 Å². The molecular formula is C24H26F2N4O. The molecule has 31 heavy (non-hydrogen) atoms. The highest BCUT2D eigenvalue weighted by molar-refractivity contribution is 5.64. The van der Waals surface area contributed by atoms with Crippen molar-refractivity contribution in [2.45, 2.75) is 63.3 Å². The lowest BCUT2D eigenvalue weighted by Crippen LogP contribution is -2.25. The van der Waals surface area contributed by atoms with Gasteiger partial charge in [0, 0.05) is 23.9 Å². The van der Waals surface area contributed by atoms with Crippen LogP contribution in [-0.2, 0) is 0 Å². The van der Waals surface area contributed by atoms with Crippen molar-refractivity contribution < 1.29 is 13.5 Å². The van der Waals surface area contributed by atoms with Crippen LogP contribution in [0.3, 0.4) is 0 Å². The van der Waals surface area contributed by atoms with Crippen LogP contribution in [0.2, 0.25) is 0 Å². The van der Waals surface area contributed by atoms with Gasteiger partial charge < -0.3 is 10.1 Å². The smallest absolute Gasteiger partial charge is 0.272 e. The second-order valence-corrected chi connectivity index (χ2v) is 9.30. The molecule has 6 rings (SSSR count). The number of ether oxygens (including phenoxy) is 1. The minimum absolute atomic E-state index is 0.366. The largest absolute Gasteiger partial charge is 0.487 e. The van der Waals surface area contributed by atoms with E-state index >= 15 is 0 Å². The predicted molar refractivity (Wildman–Crippen MR) is 115 cm³/mol. The molecule has 7 heteroatoms. The maximum atomic E-state index is 12.7. The summed E-state index contributed by atoms with van der Waals surface area (Å²) >= 11 is 0. The average Bonchev–Trinajstić information content (AvgIpc) is 3.67. The lowest BCUT2D eigenvalue weighted by atomic mass is 10.0. The summed E-state index contributed by atoms with van der Waals surface area (Å²) in [5.41, 5.74) is 3.91. The number of rotatable bonds is 7. The Morgan fingerprint density at radius 2 is 2.06 bits per heavy atom. The van der Waals surface area contributed by atoms with E-state index in [1.54, 1.807) is 12.3 Å². The minimum atomic E-state index is -2.49. The number of halogens is 2. The van der Waals surface area contributed by atoms with Gasteiger partial charge in [-0.15, -0.1) is 0 Å². The van der Waals surface area contributed by atoms with E-state index in [0.717, 1.165) is 35.6 Å². The van der Waals surface area contributed by atoms with Gasteiger partial charge in [0.25, 0.3) is 6.43 Å². The van der Waals surface area contributed by atoms with Crippen LogP contribution in [-0.4, -0.2) is 33.4 Å². The Hall–Kier alpha value is -2.70. The first-order valence-electron chi connectivity index (χ1n) is 11.3. The fourth-order valence-corrected chi connectivity index (χ4v) is 5.15. The highest BCUT2D eigenvalue weighted by atomic mass is 19.3. The lowest BCUT2D eigenvalue weighted by molar-refractivity contribution is 0.0814. The molecule has 3 aliphatic carbocycles. The molecule has 3 heterocycles. The maximum Gasteiger partial charge on any atom is 0.272 e. The molecule has 1 N–H and O–H groups in total. The summed E-state index contributed by atoms with van der Waals surface area (Å²) in [5, 5.41) is 3.69. The van der Waals surface area contributed by atoms with Crippen LogP contribution in [0.5, 0.6) is 5.75 Å². The number of fused-ring (bicyclic) bond motifs is 1. The van der Waals surface area contributed by atoms with E-state index in [9.17, 15) is 8.78 Å². The van der Waals surface area contributed by atoms with Gasteiger partial charge in [0.2, 0.25) is 0 Å². The van der Waals surface area contributed by atoms with E-state index in [0.29, 0.717) is 28.8 Å². The van der Waals surface area contributed by atoms with Gasteiger partial charge in [-0.2, -0.15) is 0 Å². The standard InChI is InChI=1S/C24H26F2N4O/c25-21(26)14-31-19-11-23-27-12-18(30(23)13-16(19)15-6-7-15)17-3-1-5-22(28-17)29-20-4-2-8-24(20)9-10-24/h1,3,5,11-13,15,20-21H,2,4,6-10,14H2,(H,28,29)/t20-/m0/s1. The Morgan fingerprint density at radius 3 is 2.84 bits per heavy atom. The number of aromatic nitrogens is 3. The molecule has 3 aromatic rings. The molecule has 5 nitrogen and oxygen atoms in total. The molecule has 3 aromatic heterocycles. The molecule has 0 aromatic carbocycles. The Balaban J connectivity index is 1.32. The molecule has 0 bridgehead atoms. The van der Waals surface area contributed by atoms with Gasteiger partial charge in [0.15, 0.2) is 0 Å². The zero-order valence-corrected chi connectivity index (χ0v) is 17.4. The highest BCUT2D eigenvalue weighted by Gasteiger charge is 2.52. The topological polar surface area (TPSA) is 51.5 Å². The molecule has 162 valence electrons. The molecule has 1 spiro atoms. The van der Waals surface area contributed by atoms with Gasteiger partial charge in [0.05, 0.1) is 17.6 Å². The zero-order chi connectivity index (χ0) is 21.0. The van der Waals surface area contributed by atoms with Crippen molar-refractivity contribution >= 4 is 11.5 Å². The van der Waals surface area contributed by atoms with E-state index in [2.05, 4.69) is 10.3 Å². The first kappa shape index (κ1) is 19.0. The van der Waals surface area contributed by atoms with Gasteiger partial charge in [-0.3, -0.25) is 4.40 Å². The van der Waals surface area contributed by atoms with E-state index in [1.807, 2.05) is 28.8 Å². The van der Waals surface area contributed by atoms with Crippen molar-refractivity contribution in [3.05, 3.63) is 42.2 Å². The van der Waals surface area contributed by atoms with Crippen molar-refractivity contribution in [1.29, 1.82) is 0 Å². The monoisotopic (exact) mass is 424 g/mol. The molecule has 0 radical (unpaired) electrons. The van der Waals surface area contributed by atoms with Crippen molar-refractivity contribution in [1.82, 2.24) is 14.4 Å². The SMILES string of the molecule is FC(F)COc1cc2ncc(-c3cccc(N[C@H]4CCCC45CC5)n3)n2cc1C1CC1. The third-order valence-corrected chi connectivity index (χ3v) is 7.15. The normalized spacial score (nSPS) is 21.8. The molecule has 0 saturated heterocycles. The third-order valence-electron chi connectivity index (χ3n) is 7.15. The quantitative estimate of drug-likeness (QED) is 0.532. The van der Waals surface area contributed by atoms with Crippen LogP contribution in [0.4, 0.5) is 14.6 Å². The number of nitrogens with zero attached hydrogens (tertiary/aromatic N) is 3. The zero-order valence-electron chi connectivity index (χ0n) is 17.4. The molecular weight excluding hydrogens is 398 g/mol. The third kappa shape index (κ3) is 3.54. The molecule has 0 unspecified atom stereocenters. The fourth-order valence-electron chi connectivity index (χ4n) is 5.15. The van der Waals surface area contributed by atoms with E-state index in [4.69, 9.17) is 9.72 Å². The van der Waals surface area contributed by atoms with Crippen LogP contribution in [0.25, 0.3) is 17.0 Å². The summed E-state index contributed by atoms with van der Waals surface area (Å²) in [6, 6.07) is 8.35. The Labute approximate surface area is 179 Å². The van der Waals surface area contributed by atoms with Crippen LogP contribution in [0, 0.1) is 5.41 Å². The van der Waals surface area contributed by atoms with Gasteiger partial charge in [-0.05, 0) is 62.0 Å². The van der Waals surface area contributed by atoms with Crippen LogP contribution in [0.15, 0.2) is 36.7 Å². The van der Waals surface area contributed by atoms with Crippen LogP contribution >= 0.6 is 0 Å². The number of hydrogen-bond donors (Lipinski definition) is 1. The van der Waals surface area contributed by atoms with Crippen molar-refractivity contribution in [3.63, 3.8) is 0 Å². The Bertz CT molecular complexity index is 1120. The van der Waals surface area contributed by atoms with E-state index in [1.165, 1.54) is 32.1 Å². The highest BCUT2D eigenvalue weighted by Crippen LogP contribution is 2.58. The van der Waals surface area contributed by atoms with Crippen molar-refractivity contribution in [2.75, 3.05) is 11.9 Å². The second kappa shape index (κ2) is 7.18.